The number of hydrogen-bond acceptors (Lipinski definition) is 5. The maximum Gasteiger partial charge on any atom is 0.337 e. The molecular formula is C23H21FN2O4. The number of anilines is 1. The highest BCUT2D eigenvalue weighted by Crippen LogP contribution is 2.29. The van der Waals surface area contributed by atoms with Crippen LogP contribution >= 0.6 is 0 Å². The van der Waals surface area contributed by atoms with Crippen LogP contribution in [-0.2, 0) is 6.61 Å². The van der Waals surface area contributed by atoms with Gasteiger partial charge in [-0.05, 0) is 48.9 Å². The highest BCUT2D eigenvalue weighted by molar-refractivity contribution is 5.94. The number of rotatable bonds is 9. The summed E-state index contributed by atoms with van der Waals surface area (Å²) in [6.07, 6.45) is 1.54. The van der Waals surface area contributed by atoms with E-state index in [9.17, 15) is 14.3 Å². The van der Waals surface area contributed by atoms with Crippen LogP contribution in [0.4, 0.5) is 10.1 Å². The second-order valence-electron chi connectivity index (χ2n) is 6.24. The molecule has 0 bridgehead atoms. The van der Waals surface area contributed by atoms with E-state index in [4.69, 9.17) is 9.47 Å². The van der Waals surface area contributed by atoms with E-state index in [1.807, 2.05) is 6.92 Å². The molecule has 3 rings (SSSR count). The maximum atomic E-state index is 13.8. The molecule has 0 aliphatic carbocycles. The molecule has 30 heavy (non-hydrogen) atoms. The van der Waals surface area contributed by atoms with Crippen LogP contribution in [0, 0.1) is 5.82 Å². The lowest BCUT2D eigenvalue weighted by Gasteiger charge is -2.13. The minimum Gasteiger partial charge on any atom is -0.490 e. The fourth-order valence-electron chi connectivity index (χ4n) is 2.71. The number of aromatic carboxylic acids is 1. The van der Waals surface area contributed by atoms with E-state index in [1.165, 1.54) is 12.1 Å². The van der Waals surface area contributed by atoms with Crippen molar-refractivity contribution in [1.82, 2.24) is 0 Å². The highest BCUT2D eigenvalue weighted by Gasteiger charge is 2.09. The zero-order valence-electron chi connectivity index (χ0n) is 16.3. The lowest BCUT2D eigenvalue weighted by molar-refractivity contribution is 0.0698. The molecule has 0 radical (unpaired) electrons. The molecule has 7 heteroatoms. The van der Waals surface area contributed by atoms with Crippen molar-refractivity contribution in [1.29, 1.82) is 0 Å². The number of carbonyl (C=O) groups is 1. The van der Waals surface area contributed by atoms with Crippen LogP contribution in [0.3, 0.4) is 0 Å². The number of hydrogen-bond donors (Lipinski definition) is 2. The SMILES string of the molecule is CCOc1cc(/C=N/Nc2ccccc2C(=O)O)ccc1OCc1ccccc1F. The molecule has 6 nitrogen and oxygen atoms in total. The van der Waals surface area contributed by atoms with E-state index in [-0.39, 0.29) is 18.0 Å². The molecule has 0 amide bonds. The van der Waals surface area contributed by atoms with Gasteiger partial charge in [-0.15, -0.1) is 0 Å². The number of nitrogens with one attached hydrogen (secondary N) is 1. The van der Waals surface area contributed by atoms with E-state index >= 15 is 0 Å². The summed E-state index contributed by atoms with van der Waals surface area (Å²) in [5.41, 5.74) is 4.42. The molecule has 0 saturated carbocycles. The number of halogens is 1. The van der Waals surface area contributed by atoms with Crippen LogP contribution in [0.5, 0.6) is 11.5 Å². The summed E-state index contributed by atoms with van der Waals surface area (Å²) in [4.78, 5) is 11.2. The zero-order valence-corrected chi connectivity index (χ0v) is 16.3. The van der Waals surface area contributed by atoms with Gasteiger partial charge in [0.15, 0.2) is 11.5 Å². The molecule has 0 saturated heterocycles. The average Bonchev–Trinajstić information content (AvgIpc) is 2.74. The van der Waals surface area contributed by atoms with Crippen molar-refractivity contribution in [2.45, 2.75) is 13.5 Å². The first kappa shape index (κ1) is 20.9. The van der Waals surface area contributed by atoms with Crippen molar-refractivity contribution in [2.24, 2.45) is 5.10 Å². The Kier molecular flexibility index (Phi) is 7.00. The van der Waals surface area contributed by atoms with Crippen LogP contribution in [-0.4, -0.2) is 23.9 Å². The van der Waals surface area contributed by atoms with Gasteiger partial charge in [-0.2, -0.15) is 5.10 Å². The second-order valence-corrected chi connectivity index (χ2v) is 6.24. The van der Waals surface area contributed by atoms with Crippen LogP contribution < -0.4 is 14.9 Å². The molecule has 0 unspecified atom stereocenters. The standard InChI is InChI=1S/C23H21FN2O4/c1-2-29-22-13-16(14-25-26-20-10-6-4-8-18(20)23(27)28)11-12-21(22)30-15-17-7-3-5-9-19(17)24/h3-14,26H,2,15H2,1H3,(H,27,28)/b25-14+. The molecule has 2 N–H and O–H groups in total. The number of carboxylic acid groups (broad SMARTS) is 1. The smallest absolute Gasteiger partial charge is 0.337 e. The molecule has 0 heterocycles. The molecule has 154 valence electrons. The Bertz CT molecular complexity index is 1050. The van der Waals surface area contributed by atoms with E-state index in [2.05, 4.69) is 10.5 Å². The van der Waals surface area contributed by atoms with Gasteiger partial charge in [0.1, 0.15) is 12.4 Å². The number of carboxylic acids is 1. The second kappa shape index (κ2) is 10.1. The first-order valence-electron chi connectivity index (χ1n) is 9.33. The number of para-hydroxylation sites is 1. The normalized spacial score (nSPS) is 10.7. The lowest BCUT2D eigenvalue weighted by Crippen LogP contribution is -2.03. The minimum atomic E-state index is -1.04. The first-order chi connectivity index (χ1) is 14.6. The third kappa shape index (κ3) is 5.35. The topological polar surface area (TPSA) is 80.2 Å². The number of ether oxygens (including phenoxy) is 2. The fourth-order valence-corrected chi connectivity index (χ4v) is 2.71. The third-order valence-electron chi connectivity index (χ3n) is 4.16. The summed E-state index contributed by atoms with van der Waals surface area (Å²) in [7, 11) is 0. The molecule has 0 atom stereocenters. The monoisotopic (exact) mass is 408 g/mol. The van der Waals surface area contributed by atoms with Crippen molar-refractivity contribution < 1.29 is 23.8 Å². The fraction of sp³-hybridized carbons (Fsp3) is 0.130. The molecule has 0 spiro atoms. The van der Waals surface area contributed by atoms with Gasteiger partial charge >= 0.3 is 5.97 Å². The number of nitrogens with zero attached hydrogens (tertiary/aromatic N) is 1. The Morgan fingerprint density at radius 2 is 1.83 bits per heavy atom. The number of hydrazone groups is 1. The average molecular weight is 408 g/mol. The number of benzene rings is 3. The van der Waals surface area contributed by atoms with Crippen LogP contribution in [0.15, 0.2) is 71.8 Å². The van der Waals surface area contributed by atoms with E-state index in [0.29, 0.717) is 29.4 Å². The quantitative estimate of drug-likeness (QED) is 0.387. The van der Waals surface area contributed by atoms with Crippen molar-refractivity contribution >= 4 is 17.9 Å². The summed E-state index contributed by atoms with van der Waals surface area (Å²) < 4.78 is 25.2. The van der Waals surface area contributed by atoms with Gasteiger partial charge in [0.05, 0.1) is 24.1 Å². The van der Waals surface area contributed by atoms with Crippen molar-refractivity contribution in [3.63, 3.8) is 0 Å². The summed E-state index contributed by atoms with van der Waals surface area (Å²) in [6.45, 7) is 2.36. The van der Waals surface area contributed by atoms with E-state index in [0.717, 1.165) is 5.56 Å². The van der Waals surface area contributed by atoms with Crippen LogP contribution in [0.2, 0.25) is 0 Å². The van der Waals surface area contributed by atoms with Crippen molar-refractivity contribution in [3.05, 3.63) is 89.2 Å². The predicted octanol–water partition coefficient (Wildman–Crippen LogP) is 4.95. The zero-order chi connectivity index (χ0) is 21.3. The lowest BCUT2D eigenvalue weighted by atomic mass is 10.2. The van der Waals surface area contributed by atoms with Gasteiger partial charge in [-0.25, -0.2) is 9.18 Å². The van der Waals surface area contributed by atoms with Gasteiger partial charge in [0.2, 0.25) is 0 Å². The third-order valence-corrected chi connectivity index (χ3v) is 4.16. The maximum absolute atomic E-state index is 13.8. The highest BCUT2D eigenvalue weighted by atomic mass is 19.1. The van der Waals surface area contributed by atoms with Gasteiger partial charge in [0.25, 0.3) is 0 Å². The van der Waals surface area contributed by atoms with Crippen LogP contribution in [0.1, 0.15) is 28.4 Å². The summed E-state index contributed by atoms with van der Waals surface area (Å²) in [5.74, 6) is -0.375. The Morgan fingerprint density at radius 3 is 2.60 bits per heavy atom. The van der Waals surface area contributed by atoms with Gasteiger partial charge in [-0.3, -0.25) is 5.43 Å². The summed E-state index contributed by atoms with van der Waals surface area (Å²) in [6, 6.07) is 18.2. The molecule has 3 aromatic rings. The molecule has 0 aliphatic rings. The summed E-state index contributed by atoms with van der Waals surface area (Å²) >= 11 is 0. The molecule has 0 aromatic heterocycles. The molecular weight excluding hydrogens is 387 g/mol. The van der Waals surface area contributed by atoms with E-state index < -0.39 is 5.97 Å². The largest absolute Gasteiger partial charge is 0.490 e. The van der Waals surface area contributed by atoms with Crippen LogP contribution in [0.25, 0.3) is 0 Å². The predicted molar refractivity (Wildman–Crippen MR) is 113 cm³/mol. The molecule has 0 fully saturated rings. The van der Waals surface area contributed by atoms with Crippen molar-refractivity contribution in [2.75, 3.05) is 12.0 Å². The summed E-state index contributed by atoms with van der Waals surface area (Å²) in [5, 5.41) is 13.3. The van der Waals surface area contributed by atoms with Crippen molar-refractivity contribution in [3.8, 4) is 11.5 Å². The van der Waals surface area contributed by atoms with Gasteiger partial charge in [-0.1, -0.05) is 30.3 Å². The molecule has 0 aliphatic heterocycles. The van der Waals surface area contributed by atoms with E-state index in [1.54, 1.807) is 60.8 Å². The Labute approximate surface area is 173 Å². The first-order valence-corrected chi connectivity index (χ1v) is 9.33. The minimum absolute atomic E-state index is 0.0771. The van der Waals surface area contributed by atoms with Gasteiger partial charge < -0.3 is 14.6 Å². The Morgan fingerprint density at radius 1 is 1.07 bits per heavy atom. The van der Waals surface area contributed by atoms with Gasteiger partial charge in [0, 0.05) is 5.56 Å². The Balaban J connectivity index is 1.72. The molecule has 3 aromatic carbocycles. The Hall–Kier alpha value is -3.87.